The van der Waals surface area contributed by atoms with Gasteiger partial charge in [-0.1, -0.05) is 0 Å². The maximum absolute atomic E-state index is 12.9. The van der Waals surface area contributed by atoms with E-state index in [4.69, 9.17) is 4.74 Å². The summed E-state index contributed by atoms with van der Waals surface area (Å²) < 4.78 is 43.3. The SMILES string of the molecule is Cc1cc(F)ccc1S(=O)(=O)N1CCOC1. The molecule has 4 nitrogen and oxygen atoms in total. The van der Waals surface area contributed by atoms with E-state index in [0.29, 0.717) is 18.7 Å². The lowest BCUT2D eigenvalue weighted by Crippen LogP contribution is -2.29. The zero-order chi connectivity index (χ0) is 11.8. The van der Waals surface area contributed by atoms with Crippen LogP contribution in [0.5, 0.6) is 0 Å². The maximum atomic E-state index is 12.9. The Morgan fingerprint density at radius 1 is 1.44 bits per heavy atom. The van der Waals surface area contributed by atoms with Gasteiger partial charge < -0.3 is 4.74 Å². The van der Waals surface area contributed by atoms with Crippen molar-refractivity contribution >= 4 is 10.0 Å². The highest BCUT2D eigenvalue weighted by atomic mass is 32.2. The third kappa shape index (κ3) is 1.95. The van der Waals surface area contributed by atoms with E-state index >= 15 is 0 Å². The van der Waals surface area contributed by atoms with Crippen LogP contribution in [0.15, 0.2) is 23.1 Å². The summed E-state index contributed by atoms with van der Waals surface area (Å²) in [5.74, 6) is -0.436. The fourth-order valence-electron chi connectivity index (χ4n) is 1.63. The highest BCUT2D eigenvalue weighted by Gasteiger charge is 2.28. The van der Waals surface area contributed by atoms with Crippen molar-refractivity contribution in [2.45, 2.75) is 11.8 Å². The predicted octanol–water partition coefficient (Wildman–Crippen LogP) is 1.11. The van der Waals surface area contributed by atoms with Crippen LogP contribution in [0.2, 0.25) is 0 Å². The predicted molar refractivity (Wildman–Crippen MR) is 55.8 cm³/mol. The fraction of sp³-hybridized carbons (Fsp3) is 0.400. The molecule has 0 N–H and O–H groups in total. The number of nitrogens with zero attached hydrogens (tertiary/aromatic N) is 1. The molecule has 0 spiro atoms. The minimum absolute atomic E-state index is 0.0686. The third-order valence-electron chi connectivity index (χ3n) is 2.48. The maximum Gasteiger partial charge on any atom is 0.245 e. The molecule has 1 aromatic rings. The van der Waals surface area contributed by atoms with Gasteiger partial charge in [0.2, 0.25) is 10.0 Å². The molecular formula is C10H12FNO3S. The smallest absolute Gasteiger partial charge is 0.245 e. The van der Waals surface area contributed by atoms with Crippen molar-refractivity contribution in [1.82, 2.24) is 4.31 Å². The van der Waals surface area contributed by atoms with Gasteiger partial charge in [0, 0.05) is 6.54 Å². The number of ether oxygens (including phenoxy) is 1. The molecule has 0 bridgehead atoms. The van der Waals surface area contributed by atoms with Gasteiger partial charge in [0.05, 0.1) is 11.5 Å². The molecule has 1 aromatic carbocycles. The average Bonchev–Trinajstić information content (AvgIpc) is 2.69. The van der Waals surface area contributed by atoms with Gasteiger partial charge in [-0.2, -0.15) is 4.31 Å². The molecule has 16 heavy (non-hydrogen) atoms. The Morgan fingerprint density at radius 2 is 2.19 bits per heavy atom. The monoisotopic (exact) mass is 245 g/mol. The summed E-state index contributed by atoms with van der Waals surface area (Å²) in [4.78, 5) is 0.138. The number of benzene rings is 1. The van der Waals surface area contributed by atoms with E-state index in [1.165, 1.54) is 16.4 Å². The van der Waals surface area contributed by atoms with Crippen molar-refractivity contribution in [3.05, 3.63) is 29.6 Å². The number of aryl methyl sites for hydroxylation is 1. The first-order valence-corrected chi connectivity index (χ1v) is 6.30. The molecule has 1 fully saturated rings. The second kappa shape index (κ2) is 4.12. The number of rotatable bonds is 2. The van der Waals surface area contributed by atoms with Crippen molar-refractivity contribution in [3.8, 4) is 0 Å². The third-order valence-corrected chi connectivity index (χ3v) is 4.46. The van der Waals surface area contributed by atoms with E-state index in [1.54, 1.807) is 6.92 Å². The molecule has 0 unspecified atom stereocenters. The van der Waals surface area contributed by atoms with Crippen molar-refractivity contribution in [2.75, 3.05) is 19.9 Å². The van der Waals surface area contributed by atoms with Crippen LogP contribution < -0.4 is 0 Å². The van der Waals surface area contributed by atoms with Crippen LogP contribution in [0.25, 0.3) is 0 Å². The number of halogens is 1. The summed E-state index contributed by atoms with van der Waals surface area (Å²) >= 11 is 0. The topological polar surface area (TPSA) is 46.6 Å². The summed E-state index contributed by atoms with van der Waals surface area (Å²) in [5, 5.41) is 0. The first-order chi connectivity index (χ1) is 7.51. The quantitative estimate of drug-likeness (QED) is 0.784. The summed E-state index contributed by atoms with van der Waals surface area (Å²) in [7, 11) is -3.54. The van der Waals surface area contributed by atoms with Gasteiger partial charge >= 0.3 is 0 Å². The Kier molecular flexibility index (Phi) is 2.96. The van der Waals surface area contributed by atoms with E-state index < -0.39 is 15.8 Å². The molecule has 6 heteroatoms. The zero-order valence-electron chi connectivity index (χ0n) is 8.81. The second-order valence-corrected chi connectivity index (χ2v) is 5.53. The van der Waals surface area contributed by atoms with Crippen LogP contribution in [-0.2, 0) is 14.8 Å². The standard InChI is InChI=1S/C10H12FNO3S/c1-8-6-9(11)2-3-10(8)16(13,14)12-4-5-15-7-12/h2-3,6H,4-5,7H2,1H3. The molecule has 0 amide bonds. The van der Waals surface area contributed by atoms with Gasteiger partial charge in [-0.05, 0) is 30.7 Å². The number of hydrogen-bond donors (Lipinski definition) is 0. The summed E-state index contributed by atoms with van der Waals surface area (Å²) in [6.07, 6.45) is 0. The Labute approximate surface area is 93.7 Å². The summed E-state index contributed by atoms with van der Waals surface area (Å²) in [6.45, 7) is 2.39. The second-order valence-electron chi connectivity index (χ2n) is 3.63. The van der Waals surface area contributed by atoms with Crippen molar-refractivity contribution in [3.63, 3.8) is 0 Å². The van der Waals surface area contributed by atoms with Gasteiger partial charge in [-0.25, -0.2) is 12.8 Å². The van der Waals surface area contributed by atoms with Crippen molar-refractivity contribution in [2.24, 2.45) is 0 Å². The number of hydrogen-bond acceptors (Lipinski definition) is 3. The lowest BCUT2D eigenvalue weighted by atomic mass is 10.2. The minimum atomic E-state index is -3.54. The van der Waals surface area contributed by atoms with Crippen LogP contribution in [0.1, 0.15) is 5.56 Å². The first kappa shape index (κ1) is 11.5. The fourth-order valence-corrected chi connectivity index (χ4v) is 3.14. The molecule has 88 valence electrons. The molecule has 0 saturated carbocycles. The van der Waals surface area contributed by atoms with Crippen LogP contribution >= 0.6 is 0 Å². The van der Waals surface area contributed by atoms with Gasteiger partial charge in [0.1, 0.15) is 12.5 Å². The van der Waals surface area contributed by atoms with Gasteiger partial charge in [0.25, 0.3) is 0 Å². The molecule has 1 aliphatic heterocycles. The molecule has 0 aliphatic carbocycles. The molecule has 1 aliphatic rings. The summed E-state index contributed by atoms with van der Waals surface area (Å²) in [6, 6.07) is 3.65. The van der Waals surface area contributed by atoms with Crippen LogP contribution in [0, 0.1) is 12.7 Å². The minimum Gasteiger partial charge on any atom is -0.364 e. The van der Waals surface area contributed by atoms with Crippen molar-refractivity contribution in [1.29, 1.82) is 0 Å². The van der Waals surface area contributed by atoms with E-state index in [9.17, 15) is 12.8 Å². The molecular weight excluding hydrogens is 233 g/mol. The first-order valence-electron chi connectivity index (χ1n) is 4.86. The molecule has 0 aromatic heterocycles. The highest BCUT2D eigenvalue weighted by molar-refractivity contribution is 7.89. The van der Waals surface area contributed by atoms with E-state index in [0.717, 1.165) is 6.07 Å². The van der Waals surface area contributed by atoms with E-state index in [2.05, 4.69) is 0 Å². The highest BCUT2D eigenvalue weighted by Crippen LogP contribution is 2.21. The Hall–Kier alpha value is -0.980. The normalized spacial score (nSPS) is 17.9. The largest absolute Gasteiger partial charge is 0.364 e. The lowest BCUT2D eigenvalue weighted by Gasteiger charge is -2.15. The number of sulfonamides is 1. The van der Waals surface area contributed by atoms with Gasteiger partial charge in [0.15, 0.2) is 0 Å². The van der Waals surface area contributed by atoms with E-state index in [1.807, 2.05) is 0 Å². The van der Waals surface area contributed by atoms with Gasteiger partial charge in [-0.3, -0.25) is 0 Å². The average molecular weight is 245 g/mol. The van der Waals surface area contributed by atoms with Crippen LogP contribution in [0.4, 0.5) is 4.39 Å². The van der Waals surface area contributed by atoms with Gasteiger partial charge in [-0.15, -0.1) is 0 Å². The Bertz CT molecular complexity index is 495. The Morgan fingerprint density at radius 3 is 2.75 bits per heavy atom. The molecule has 1 heterocycles. The molecule has 0 radical (unpaired) electrons. The van der Waals surface area contributed by atoms with Crippen molar-refractivity contribution < 1.29 is 17.5 Å². The molecule has 2 rings (SSSR count). The summed E-state index contributed by atoms with van der Waals surface area (Å²) in [5.41, 5.74) is 0.409. The Balaban J connectivity index is 2.42. The molecule has 0 atom stereocenters. The van der Waals surface area contributed by atoms with Crippen LogP contribution in [0.3, 0.4) is 0 Å². The lowest BCUT2D eigenvalue weighted by molar-refractivity contribution is 0.172. The molecule has 1 saturated heterocycles. The van der Waals surface area contributed by atoms with Crippen LogP contribution in [-0.4, -0.2) is 32.6 Å². The van der Waals surface area contributed by atoms with E-state index in [-0.39, 0.29) is 11.6 Å². The zero-order valence-corrected chi connectivity index (χ0v) is 9.63.